The van der Waals surface area contributed by atoms with Crippen LogP contribution in [-0.2, 0) is 6.54 Å². The van der Waals surface area contributed by atoms with Gasteiger partial charge in [0.2, 0.25) is 0 Å². The molecule has 0 heterocycles. The highest BCUT2D eigenvalue weighted by molar-refractivity contribution is 5.14. The molecule has 59 heavy (non-hydrogen) atoms. The van der Waals surface area contributed by atoms with Gasteiger partial charge in [0.15, 0.2) is 0 Å². The van der Waals surface area contributed by atoms with Gasteiger partial charge < -0.3 is 36.7 Å². The maximum Gasteiger partial charge on any atom is 0.123 e. The van der Waals surface area contributed by atoms with Gasteiger partial charge in [0.1, 0.15) is 12.4 Å². The molecular formula is C50H107F5N4. The van der Waals surface area contributed by atoms with Crippen LogP contribution < -0.4 is 18.8 Å². The minimum atomic E-state index is -0.162. The molecule has 0 bridgehead atoms. The van der Waals surface area contributed by atoms with Crippen LogP contribution in [0.5, 0.6) is 0 Å². The van der Waals surface area contributed by atoms with E-state index in [0.29, 0.717) is 37.9 Å². The Hall–Kier alpha value is -1.29. The van der Waals surface area contributed by atoms with Crippen LogP contribution in [0, 0.1) is 43.7 Å². The Morgan fingerprint density at radius 3 is 0.746 bits per heavy atom. The lowest BCUT2D eigenvalue weighted by Crippen LogP contribution is -3.00. The van der Waals surface area contributed by atoms with E-state index in [1.165, 1.54) is 61.4 Å². The third kappa shape index (κ3) is 54.7. The first-order valence-corrected chi connectivity index (χ1v) is 21.4. The summed E-state index contributed by atoms with van der Waals surface area (Å²) in [4.78, 5) is 0. The van der Waals surface area contributed by atoms with Crippen molar-refractivity contribution in [1.82, 2.24) is 0 Å². The molecule has 1 rings (SSSR count). The molecular weight excluding hydrogens is 752 g/mol. The van der Waals surface area contributed by atoms with Crippen molar-refractivity contribution < 1.29 is 41.1 Å². The monoisotopic (exact) mass is 859 g/mol. The second-order valence-corrected chi connectivity index (χ2v) is 28.6. The van der Waals surface area contributed by atoms with E-state index in [2.05, 4.69) is 202 Å². The molecule has 0 saturated heterocycles. The molecule has 0 unspecified atom stereocenters. The molecule has 0 fully saturated rings. The Kier molecular flexibility index (Phi) is 31.5. The topological polar surface area (TPSA) is 0 Å². The van der Waals surface area contributed by atoms with Crippen LogP contribution in [-0.4, -0.2) is 120 Å². The molecule has 0 radical (unpaired) electrons. The molecule has 0 aliphatic carbocycles. The van der Waals surface area contributed by atoms with Gasteiger partial charge in [0, 0.05) is 43.5 Å². The number of nitrogens with zero attached hydrogens (tertiary/aromatic N) is 4. The zero-order valence-corrected chi connectivity index (χ0v) is 45.1. The molecule has 0 N–H and O–H groups in total. The molecule has 0 atom stereocenters. The summed E-state index contributed by atoms with van der Waals surface area (Å²) in [6.07, 6.45) is 0. The fraction of sp³-hybridized carbons (Fsp3) is 0.880. The predicted octanol–water partition coefficient (Wildman–Crippen LogP) is 0.929. The van der Waals surface area contributed by atoms with Crippen molar-refractivity contribution in [2.45, 2.75) is 152 Å². The van der Waals surface area contributed by atoms with Crippen LogP contribution in [0.4, 0.5) is 4.39 Å². The first-order valence-electron chi connectivity index (χ1n) is 21.4. The van der Waals surface area contributed by atoms with Crippen LogP contribution in [0.3, 0.4) is 0 Å². The van der Waals surface area contributed by atoms with Crippen molar-refractivity contribution in [2.75, 3.05) is 102 Å². The lowest BCUT2D eigenvalue weighted by molar-refractivity contribution is -0.926. The van der Waals surface area contributed by atoms with Gasteiger partial charge in [-0.3, -0.25) is 0 Å². The fourth-order valence-corrected chi connectivity index (χ4v) is 10.1. The van der Waals surface area contributed by atoms with E-state index in [0.717, 1.165) is 26.5 Å². The Morgan fingerprint density at radius 1 is 0.339 bits per heavy atom. The quantitative estimate of drug-likeness (QED) is 0.257. The van der Waals surface area contributed by atoms with E-state index < -0.39 is 0 Å². The van der Waals surface area contributed by atoms with Crippen LogP contribution in [0.15, 0.2) is 24.3 Å². The average molecular weight is 859 g/mol. The SMILES string of the molecule is CC(C)(C)C[N+](C)(C)C.CC(C)(C)C[N+](C)(C)CC(C)(C)C.CC(C)(C)C[N+](C)(C)Cc1ccc(F)cc1.CC(C)(C)C[N+](C)(CC(C)(C)C)CC(C)(C)C.[F-].[F-].[F-].[F-]. The van der Waals surface area contributed by atoms with Crippen molar-refractivity contribution in [3.05, 3.63) is 35.6 Å². The van der Waals surface area contributed by atoms with Crippen LogP contribution in [0.1, 0.15) is 151 Å². The number of halogens is 5. The predicted molar refractivity (Wildman–Crippen MR) is 249 cm³/mol. The molecule has 9 heteroatoms. The Labute approximate surface area is 367 Å². The second-order valence-electron chi connectivity index (χ2n) is 28.6. The highest BCUT2D eigenvalue weighted by atomic mass is 19.1. The van der Waals surface area contributed by atoms with E-state index in [9.17, 15) is 4.39 Å². The summed E-state index contributed by atoms with van der Waals surface area (Å²) in [6, 6.07) is 6.81. The molecule has 1 aromatic rings. The summed E-state index contributed by atoms with van der Waals surface area (Å²) in [5, 5.41) is 0. The van der Waals surface area contributed by atoms with E-state index in [4.69, 9.17) is 0 Å². The molecule has 0 aromatic heterocycles. The van der Waals surface area contributed by atoms with Gasteiger partial charge >= 0.3 is 0 Å². The standard InChI is InChI=1S/C16H36N.C14H23FN.C12H28N.C8H20N.4FH/c1-14(2,3)11-17(10,12-15(4,5)6)13-16(7,8)9;1-14(2,3)11-16(4,5)10-12-6-8-13(15)9-7-12;1-11(2,3)9-13(7,8)10-12(4,5)6;1-8(2,3)7-9(4,5)6;;;;/h11-13H2,1-10H3;6-9H,10-11H2,1-5H3;9-10H2,1-8H3;7H2,1-6H3;4*1H/q4*+1;;;;/p-4. The summed E-state index contributed by atoms with van der Waals surface area (Å²) in [6.45, 7) is 58.2. The molecule has 1 aromatic carbocycles. The van der Waals surface area contributed by atoms with Gasteiger partial charge in [-0.05, 0) is 12.1 Å². The van der Waals surface area contributed by atoms with Crippen molar-refractivity contribution in [3.8, 4) is 0 Å². The summed E-state index contributed by atoms with van der Waals surface area (Å²) in [5.74, 6) is -0.162. The van der Waals surface area contributed by atoms with Gasteiger partial charge in [0.25, 0.3) is 0 Å². The Morgan fingerprint density at radius 2 is 0.559 bits per heavy atom. The van der Waals surface area contributed by atoms with Crippen molar-refractivity contribution in [2.24, 2.45) is 37.9 Å². The first kappa shape index (κ1) is 72.2. The van der Waals surface area contributed by atoms with Gasteiger partial charge in [-0.2, -0.15) is 0 Å². The lowest BCUT2D eigenvalue weighted by Gasteiger charge is -2.46. The number of hydrogen-bond acceptors (Lipinski definition) is 0. The maximum atomic E-state index is 12.8. The van der Waals surface area contributed by atoms with Gasteiger partial charge in [-0.15, -0.1) is 0 Å². The number of rotatable bonds is 9. The normalized spacial score (nSPS) is 13.3. The maximum absolute atomic E-state index is 12.8. The fourth-order valence-electron chi connectivity index (χ4n) is 10.1. The van der Waals surface area contributed by atoms with Gasteiger partial charge in [0.05, 0.1) is 102 Å². The van der Waals surface area contributed by atoms with E-state index >= 15 is 0 Å². The average Bonchev–Trinajstić information content (AvgIpc) is 2.69. The van der Waals surface area contributed by atoms with Gasteiger partial charge in [-0.1, -0.05) is 158 Å². The summed E-state index contributed by atoms with van der Waals surface area (Å²) in [7, 11) is 18.2. The molecule has 0 aliphatic rings. The van der Waals surface area contributed by atoms with Crippen molar-refractivity contribution in [3.63, 3.8) is 0 Å². The third-order valence-corrected chi connectivity index (χ3v) is 7.75. The number of benzene rings is 1. The molecule has 4 nitrogen and oxygen atoms in total. The largest absolute Gasteiger partial charge is 1.00 e. The van der Waals surface area contributed by atoms with E-state index in [1.54, 1.807) is 0 Å². The van der Waals surface area contributed by atoms with Crippen molar-refractivity contribution >= 4 is 0 Å². The minimum Gasteiger partial charge on any atom is -1.00 e. The Balaban J connectivity index is -0.000000122. The zero-order chi connectivity index (χ0) is 45.1. The first-order chi connectivity index (χ1) is 23.4. The van der Waals surface area contributed by atoms with E-state index in [1.807, 2.05) is 12.1 Å². The minimum absolute atomic E-state index is 0. The van der Waals surface area contributed by atoms with Crippen molar-refractivity contribution in [1.29, 1.82) is 0 Å². The zero-order valence-electron chi connectivity index (χ0n) is 45.1. The number of quaternary nitrogens is 4. The third-order valence-electron chi connectivity index (χ3n) is 7.75. The number of hydrogen-bond donors (Lipinski definition) is 0. The molecule has 0 spiro atoms. The molecule has 0 amide bonds. The summed E-state index contributed by atoms with van der Waals surface area (Å²) in [5.41, 5.74) is 3.99. The van der Waals surface area contributed by atoms with E-state index in [-0.39, 0.29) is 24.6 Å². The molecule has 362 valence electrons. The van der Waals surface area contributed by atoms with Gasteiger partial charge in [-0.25, -0.2) is 4.39 Å². The summed E-state index contributed by atoms with van der Waals surface area (Å²) < 4.78 is 17.1. The highest BCUT2D eigenvalue weighted by Crippen LogP contribution is 2.30. The lowest BCUT2D eigenvalue weighted by atomic mass is 9.87. The summed E-state index contributed by atoms with van der Waals surface area (Å²) >= 11 is 0. The molecule has 0 aliphatic heterocycles. The Bertz CT molecular complexity index is 1120. The smallest absolute Gasteiger partial charge is 0.123 e. The second kappa shape index (κ2) is 25.7. The van der Waals surface area contributed by atoms with Crippen LogP contribution in [0.2, 0.25) is 0 Å². The molecule has 0 saturated carbocycles. The van der Waals surface area contributed by atoms with Crippen LogP contribution in [0.25, 0.3) is 0 Å². The highest BCUT2D eigenvalue weighted by Gasteiger charge is 2.36. The van der Waals surface area contributed by atoms with Crippen LogP contribution >= 0.6 is 0 Å².